The normalized spacial score (nSPS) is 14.8. The number of hydrogen-bond acceptors (Lipinski definition) is 8. The molecule has 0 aliphatic carbocycles. The van der Waals surface area contributed by atoms with Crippen molar-refractivity contribution in [2.24, 2.45) is 11.7 Å². The Morgan fingerprint density at radius 2 is 1.57 bits per heavy atom. The molecule has 0 spiro atoms. The van der Waals surface area contributed by atoms with Gasteiger partial charge in [0.1, 0.15) is 23.8 Å². The van der Waals surface area contributed by atoms with E-state index in [1.165, 1.54) is 25.5 Å². The molecule has 0 aliphatic heterocycles. The molecule has 5 amide bonds. The van der Waals surface area contributed by atoms with E-state index < -0.39 is 84.7 Å². The number of aromatic nitrogens is 2. The molecule has 0 radical (unpaired) electrons. The Hall–Kier alpha value is -4.60. The fraction of sp³-hybridized carbons (Fsp3) is 0.464. The van der Waals surface area contributed by atoms with Gasteiger partial charge in [-0.15, -0.1) is 0 Å². The molecule has 2 rings (SSSR count). The van der Waals surface area contributed by atoms with Gasteiger partial charge in [-0.25, -0.2) is 4.98 Å². The van der Waals surface area contributed by atoms with Crippen LogP contribution >= 0.6 is 0 Å². The fourth-order valence-corrected chi connectivity index (χ4v) is 4.01. The van der Waals surface area contributed by atoms with Crippen LogP contribution in [0, 0.1) is 5.92 Å². The van der Waals surface area contributed by atoms with E-state index in [1.54, 1.807) is 44.2 Å². The molecule has 0 bridgehead atoms. The van der Waals surface area contributed by atoms with Gasteiger partial charge in [-0.3, -0.25) is 29.0 Å². The molecule has 13 nitrogen and oxygen atoms in total. The second kappa shape index (κ2) is 16.3. The number of aliphatic hydroxyl groups excluding tert-OH is 1. The highest BCUT2D eigenvalue weighted by Crippen LogP contribution is 2.24. The summed E-state index contributed by atoms with van der Waals surface area (Å²) in [5.41, 5.74) is 5.60. The Kier molecular flexibility index (Phi) is 13.2. The molecule has 44 heavy (non-hydrogen) atoms. The number of nitrogens with zero attached hydrogens (tertiary/aromatic N) is 2. The number of benzene rings is 1. The lowest BCUT2D eigenvalue weighted by Gasteiger charge is -2.28. The van der Waals surface area contributed by atoms with Crippen molar-refractivity contribution in [3.8, 4) is 0 Å². The van der Waals surface area contributed by atoms with Crippen molar-refractivity contribution in [3.05, 3.63) is 60.2 Å². The van der Waals surface area contributed by atoms with Crippen molar-refractivity contribution in [1.29, 1.82) is 0 Å². The SMILES string of the molecule is CC(C)[C@H](NC(=O)c1cnccn1)C(=O)N[C@@H](Cc1ccccc1)C(=O)N[C@@H](C)C(=O)NC(CCC(N)=O)C(O)C(F)(F)F. The third-order valence-electron chi connectivity index (χ3n) is 6.45. The van der Waals surface area contributed by atoms with Gasteiger partial charge in [0.15, 0.2) is 6.10 Å². The summed E-state index contributed by atoms with van der Waals surface area (Å²) < 4.78 is 39.5. The van der Waals surface area contributed by atoms with Crippen LogP contribution in [0.5, 0.6) is 0 Å². The molecule has 5 atom stereocenters. The van der Waals surface area contributed by atoms with E-state index in [-0.39, 0.29) is 12.1 Å². The maximum absolute atomic E-state index is 13.3. The Balaban J connectivity index is 2.20. The maximum atomic E-state index is 13.3. The van der Waals surface area contributed by atoms with Crippen LogP contribution in [-0.2, 0) is 25.6 Å². The van der Waals surface area contributed by atoms with Crippen molar-refractivity contribution in [2.45, 2.75) is 76.5 Å². The minimum atomic E-state index is -5.11. The van der Waals surface area contributed by atoms with Crippen molar-refractivity contribution in [2.75, 3.05) is 0 Å². The van der Waals surface area contributed by atoms with Gasteiger partial charge in [0.2, 0.25) is 23.6 Å². The molecule has 16 heteroatoms. The third kappa shape index (κ3) is 11.2. The van der Waals surface area contributed by atoms with Crippen LogP contribution in [0.2, 0.25) is 0 Å². The Morgan fingerprint density at radius 3 is 2.11 bits per heavy atom. The van der Waals surface area contributed by atoms with Gasteiger partial charge in [-0.05, 0) is 24.8 Å². The highest BCUT2D eigenvalue weighted by Gasteiger charge is 2.44. The summed E-state index contributed by atoms with van der Waals surface area (Å²) in [4.78, 5) is 70.9. The second-order valence-corrected chi connectivity index (χ2v) is 10.4. The molecule has 0 saturated carbocycles. The van der Waals surface area contributed by atoms with Gasteiger partial charge in [-0.2, -0.15) is 13.2 Å². The van der Waals surface area contributed by atoms with Crippen molar-refractivity contribution >= 4 is 29.5 Å². The standard InChI is InChI=1S/C28H36F3N7O6/c1-15(2)22(38-26(43)20-14-33-11-12-34-20)27(44)37-19(13-17-7-5-4-6-8-17)25(42)35-16(3)24(41)36-18(9-10-21(32)39)23(40)28(29,30)31/h4-8,11-12,14-16,18-19,22-23,40H,9-10,13H2,1-3H3,(H2,32,39)(H,35,42)(H,36,41)(H,37,44)(H,38,43)/t16-,18?,19-,22-,23?/m0/s1. The number of nitrogens with one attached hydrogen (secondary N) is 4. The molecule has 1 heterocycles. The number of nitrogens with two attached hydrogens (primary N) is 1. The predicted octanol–water partition coefficient (Wildman–Crippen LogP) is 0.137. The first-order valence-corrected chi connectivity index (χ1v) is 13.6. The first-order chi connectivity index (χ1) is 20.6. The number of aliphatic hydroxyl groups is 1. The van der Waals surface area contributed by atoms with Gasteiger partial charge in [0.25, 0.3) is 5.91 Å². The zero-order valence-electron chi connectivity index (χ0n) is 24.3. The lowest BCUT2D eigenvalue weighted by molar-refractivity contribution is -0.212. The van der Waals surface area contributed by atoms with Crippen LogP contribution in [0.1, 0.15) is 49.7 Å². The second-order valence-electron chi connectivity index (χ2n) is 10.4. The zero-order chi connectivity index (χ0) is 33.0. The summed E-state index contributed by atoms with van der Waals surface area (Å²) in [6, 6.07) is 2.82. The summed E-state index contributed by atoms with van der Waals surface area (Å²) in [6.07, 6.45) is -5.40. The Labute approximate surface area is 251 Å². The van der Waals surface area contributed by atoms with Crippen LogP contribution < -0.4 is 27.0 Å². The van der Waals surface area contributed by atoms with E-state index in [2.05, 4.69) is 25.9 Å². The monoisotopic (exact) mass is 623 g/mol. The zero-order valence-corrected chi connectivity index (χ0v) is 24.3. The third-order valence-corrected chi connectivity index (χ3v) is 6.45. The van der Waals surface area contributed by atoms with Crippen molar-refractivity contribution < 1.29 is 42.3 Å². The van der Waals surface area contributed by atoms with Gasteiger partial charge in [0, 0.05) is 25.2 Å². The molecule has 2 aromatic rings. The quantitative estimate of drug-likeness (QED) is 0.161. The fourth-order valence-electron chi connectivity index (χ4n) is 4.01. The van der Waals surface area contributed by atoms with E-state index in [1.807, 2.05) is 5.32 Å². The molecular formula is C28H36F3N7O6. The molecule has 1 aromatic heterocycles. The van der Waals surface area contributed by atoms with Gasteiger partial charge in [0.05, 0.1) is 12.2 Å². The molecule has 1 aromatic carbocycles. The minimum Gasteiger partial charge on any atom is -0.382 e. The smallest absolute Gasteiger partial charge is 0.382 e. The highest BCUT2D eigenvalue weighted by atomic mass is 19.4. The summed E-state index contributed by atoms with van der Waals surface area (Å²) >= 11 is 0. The Bertz CT molecular complexity index is 1280. The molecular weight excluding hydrogens is 587 g/mol. The lowest BCUT2D eigenvalue weighted by Crippen LogP contribution is -2.59. The number of alkyl halides is 3. The number of primary amides is 1. The summed E-state index contributed by atoms with van der Waals surface area (Å²) in [7, 11) is 0. The number of rotatable bonds is 15. The molecule has 7 N–H and O–H groups in total. The summed E-state index contributed by atoms with van der Waals surface area (Å²) in [5.74, 6) is -4.70. The summed E-state index contributed by atoms with van der Waals surface area (Å²) in [6.45, 7) is 4.53. The van der Waals surface area contributed by atoms with E-state index in [9.17, 15) is 42.3 Å². The Morgan fingerprint density at radius 1 is 0.909 bits per heavy atom. The van der Waals surface area contributed by atoms with Crippen LogP contribution in [0.25, 0.3) is 0 Å². The molecule has 0 fully saturated rings. The maximum Gasteiger partial charge on any atom is 0.416 e. The molecule has 0 aliphatic rings. The van der Waals surface area contributed by atoms with Crippen molar-refractivity contribution in [3.63, 3.8) is 0 Å². The highest BCUT2D eigenvalue weighted by molar-refractivity contribution is 5.97. The van der Waals surface area contributed by atoms with Gasteiger partial charge in [-0.1, -0.05) is 44.2 Å². The molecule has 0 saturated heterocycles. The van der Waals surface area contributed by atoms with Crippen molar-refractivity contribution in [1.82, 2.24) is 31.2 Å². The summed E-state index contributed by atoms with van der Waals surface area (Å²) in [5, 5.41) is 19.2. The number of carbonyl (C=O) groups is 5. The number of halogens is 3. The van der Waals surface area contributed by atoms with Crippen LogP contribution in [0.3, 0.4) is 0 Å². The average Bonchev–Trinajstić information content (AvgIpc) is 2.97. The predicted molar refractivity (Wildman–Crippen MR) is 150 cm³/mol. The van der Waals surface area contributed by atoms with E-state index in [0.717, 1.165) is 0 Å². The van der Waals surface area contributed by atoms with E-state index in [4.69, 9.17) is 5.73 Å². The first-order valence-electron chi connectivity index (χ1n) is 13.6. The minimum absolute atomic E-state index is 0.0332. The van der Waals surface area contributed by atoms with E-state index in [0.29, 0.717) is 5.56 Å². The van der Waals surface area contributed by atoms with Gasteiger partial charge >= 0.3 is 6.18 Å². The van der Waals surface area contributed by atoms with Crippen LogP contribution in [-0.4, -0.2) is 81.1 Å². The topological polar surface area (TPSA) is 206 Å². The lowest BCUT2D eigenvalue weighted by atomic mass is 10.0. The first kappa shape index (κ1) is 35.6. The number of carbonyl (C=O) groups excluding carboxylic acids is 5. The number of amides is 5. The van der Waals surface area contributed by atoms with E-state index >= 15 is 0 Å². The van der Waals surface area contributed by atoms with Gasteiger partial charge < -0.3 is 32.1 Å². The largest absolute Gasteiger partial charge is 0.416 e. The molecule has 2 unspecified atom stereocenters. The average molecular weight is 624 g/mol. The van der Waals surface area contributed by atoms with Crippen LogP contribution in [0.4, 0.5) is 13.2 Å². The number of hydrogen-bond donors (Lipinski definition) is 6. The molecule has 240 valence electrons. The van der Waals surface area contributed by atoms with Crippen LogP contribution in [0.15, 0.2) is 48.9 Å².